The van der Waals surface area contributed by atoms with Crippen molar-refractivity contribution in [2.45, 2.75) is 26.3 Å². The molecule has 1 N–H and O–H groups in total. The van der Waals surface area contributed by atoms with Crippen LogP contribution in [0.2, 0.25) is 5.02 Å². The van der Waals surface area contributed by atoms with Crippen LogP contribution in [0.4, 0.5) is 5.69 Å². The van der Waals surface area contributed by atoms with Gasteiger partial charge in [0.25, 0.3) is 0 Å². The first-order valence-corrected chi connectivity index (χ1v) is 12.4. The second kappa shape index (κ2) is 11.4. The molecule has 1 atom stereocenters. The molecule has 8 heteroatoms. The van der Waals surface area contributed by atoms with E-state index in [-0.39, 0.29) is 6.04 Å². The summed E-state index contributed by atoms with van der Waals surface area (Å²) in [5.74, 6) is 1.56. The Bertz CT molecular complexity index is 1130. The fourth-order valence-corrected chi connectivity index (χ4v) is 4.89. The van der Waals surface area contributed by atoms with E-state index in [0.717, 1.165) is 79.5 Å². The van der Waals surface area contributed by atoms with Crippen molar-refractivity contribution < 1.29 is 13.9 Å². The Balaban J connectivity index is 1.54. The number of benzene rings is 2. The molecule has 1 saturated heterocycles. The summed E-state index contributed by atoms with van der Waals surface area (Å²) in [4.78, 5) is 4.61. The summed E-state index contributed by atoms with van der Waals surface area (Å²) in [6.07, 6.45) is 0.970. The molecule has 1 aliphatic heterocycles. The van der Waals surface area contributed by atoms with E-state index in [9.17, 15) is 0 Å². The summed E-state index contributed by atoms with van der Waals surface area (Å²) in [5.41, 5.74) is 2.66. The second-order valence-electron chi connectivity index (χ2n) is 8.62. The lowest BCUT2D eigenvalue weighted by Gasteiger charge is -2.32. The lowest BCUT2D eigenvalue weighted by atomic mass is 10.2. The molecule has 0 saturated carbocycles. The predicted octanol–water partition coefficient (Wildman–Crippen LogP) is 5.89. The smallest absolute Gasteiger partial charge is 0.176 e. The highest BCUT2D eigenvalue weighted by Gasteiger charge is 2.24. The number of anilines is 1. The standard InChI is InChI=1S/C26H32ClN3O3S/c1-18-8-9-22(21(27)16-18)28-26(34)30(11-5-10-29-12-14-32-15-13-29)19(2)24-17-20-6-4-7-23(31-3)25(20)33-24/h4,6-9,16-17,19H,5,10-15H2,1-3H3,(H,28,34). The molecule has 2 aromatic carbocycles. The van der Waals surface area contributed by atoms with Crippen LogP contribution >= 0.6 is 23.8 Å². The molecule has 182 valence electrons. The van der Waals surface area contributed by atoms with Crippen LogP contribution in [0.25, 0.3) is 11.0 Å². The molecule has 2 heterocycles. The first kappa shape index (κ1) is 24.8. The van der Waals surface area contributed by atoms with Gasteiger partial charge in [-0.3, -0.25) is 4.90 Å². The van der Waals surface area contributed by atoms with E-state index in [1.807, 2.05) is 43.3 Å². The lowest BCUT2D eigenvalue weighted by Crippen LogP contribution is -2.41. The van der Waals surface area contributed by atoms with Crippen LogP contribution in [0.15, 0.2) is 46.9 Å². The average molecular weight is 502 g/mol. The largest absolute Gasteiger partial charge is 0.493 e. The number of morpholine rings is 1. The highest BCUT2D eigenvalue weighted by atomic mass is 35.5. The molecule has 0 radical (unpaired) electrons. The van der Waals surface area contributed by atoms with Gasteiger partial charge in [0.2, 0.25) is 0 Å². The van der Waals surface area contributed by atoms with Crippen LogP contribution < -0.4 is 10.1 Å². The van der Waals surface area contributed by atoms with Gasteiger partial charge in [-0.1, -0.05) is 29.8 Å². The summed E-state index contributed by atoms with van der Waals surface area (Å²) in [6, 6.07) is 13.8. The Kier molecular flexibility index (Phi) is 8.32. The molecule has 1 unspecified atom stereocenters. The van der Waals surface area contributed by atoms with Crippen LogP contribution in [-0.4, -0.2) is 61.4 Å². The third kappa shape index (κ3) is 5.84. The lowest BCUT2D eigenvalue weighted by molar-refractivity contribution is 0.0365. The quantitative estimate of drug-likeness (QED) is 0.386. The number of fused-ring (bicyclic) bond motifs is 1. The van der Waals surface area contributed by atoms with Gasteiger partial charge in [-0.25, -0.2) is 0 Å². The zero-order valence-electron chi connectivity index (χ0n) is 20.0. The first-order chi connectivity index (χ1) is 16.5. The molecule has 6 nitrogen and oxygen atoms in total. The fraction of sp³-hybridized carbons (Fsp3) is 0.423. The number of methoxy groups -OCH3 is 1. The van der Waals surface area contributed by atoms with Crippen molar-refractivity contribution in [3.8, 4) is 5.75 Å². The van der Waals surface area contributed by atoms with Crippen molar-refractivity contribution in [1.29, 1.82) is 0 Å². The number of ether oxygens (including phenoxy) is 2. The molecule has 0 spiro atoms. The maximum absolute atomic E-state index is 6.48. The van der Waals surface area contributed by atoms with Gasteiger partial charge in [-0.2, -0.15) is 0 Å². The molecular formula is C26H32ClN3O3S. The number of hydrogen-bond donors (Lipinski definition) is 1. The maximum atomic E-state index is 6.48. The summed E-state index contributed by atoms with van der Waals surface area (Å²) < 4.78 is 17.2. The summed E-state index contributed by atoms with van der Waals surface area (Å²) >= 11 is 12.4. The minimum Gasteiger partial charge on any atom is -0.493 e. The Labute approximate surface area is 211 Å². The molecule has 0 amide bonds. The van der Waals surface area contributed by atoms with E-state index in [1.165, 1.54) is 0 Å². The van der Waals surface area contributed by atoms with Crippen molar-refractivity contribution in [1.82, 2.24) is 9.80 Å². The zero-order chi connectivity index (χ0) is 24.1. The number of para-hydroxylation sites is 1. The Morgan fingerprint density at radius 2 is 2.03 bits per heavy atom. The van der Waals surface area contributed by atoms with Crippen molar-refractivity contribution in [3.05, 3.63) is 58.8 Å². The normalized spacial score (nSPS) is 15.3. The van der Waals surface area contributed by atoms with Crippen LogP contribution in [0.5, 0.6) is 5.75 Å². The molecule has 4 rings (SSSR count). The number of nitrogens with zero attached hydrogens (tertiary/aromatic N) is 2. The van der Waals surface area contributed by atoms with Crippen molar-refractivity contribution >= 4 is 45.6 Å². The van der Waals surface area contributed by atoms with Crippen molar-refractivity contribution in [2.75, 3.05) is 51.8 Å². The zero-order valence-corrected chi connectivity index (χ0v) is 21.5. The van der Waals surface area contributed by atoms with Crippen molar-refractivity contribution in [3.63, 3.8) is 0 Å². The van der Waals surface area contributed by atoms with E-state index in [1.54, 1.807) is 7.11 Å². The van der Waals surface area contributed by atoms with Gasteiger partial charge in [0, 0.05) is 31.6 Å². The van der Waals surface area contributed by atoms with Gasteiger partial charge >= 0.3 is 0 Å². The van der Waals surface area contributed by atoms with E-state index < -0.39 is 0 Å². The fourth-order valence-electron chi connectivity index (χ4n) is 4.25. The predicted molar refractivity (Wildman–Crippen MR) is 142 cm³/mol. The number of rotatable bonds is 8. The Morgan fingerprint density at radius 1 is 1.24 bits per heavy atom. The number of aryl methyl sites for hydroxylation is 1. The van der Waals surface area contributed by atoms with E-state index in [4.69, 9.17) is 37.7 Å². The molecule has 1 aromatic heterocycles. The Hall–Kier alpha value is -2.32. The van der Waals surface area contributed by atoms with Crippen LogP contribution in [0, 0.1) is 6.92 Å². The SMILES string of the molecule is COc1cccc2cc(C(C)N(CCCN3CCOCC3)C(=S)Nc3ccc(C)cc3Cl)oc12. The van der Waals surface area contributed by atoms with E-state index in [0.29, 0.717) is 10.1 Å². The highest BCUT2D eigenvalue weighted by molar-refractivity contribution is 7.80. The number of thiocarbonyl (C=S) groups is 1. The van der Waals surface area contributed by atoms with E-state index >= 15 is 0 Å². The third-order valence-electron chi connectivity index (χ3n) is 6.23. The molecule has 3 aromatic rings. The van der Waals surface area contributed by atoms with Crippen LogP contribution in [0.3, 0.4) is 0 Å². The van der Waals surface area contributed by atoms with E-state index in [2.05, 4.69) is 28.1 Å². The van der Waals surface area contributed by atoms with Gasteiger partial charge in [0.15, 0.2) is 16.4 Å². The topological polar surface area (TPSA) is 50.1 Å². The van der Waals surface area contributed by atoms with Gasteiger partial charge in [0.05, 0.1) is 37.1 Å². The minimum atomic E-state index is -0.0778. The molecular weight excluding hydrogens is 470 g/mol. The molecule has 1 fully saturated rings. The average Bonchev–Trinajstić information content (AvgIpc) is 3.28. The number of furan rings is 1. The summed E-state index contributed by atoms with van der Waals surface area (Å²) in [5, 5.41) is 5.64. The first-order valence-electron chi connectivity index (χ1n) is 11.7. The second-order valence-corrected chi connectivity index (χ2v) is 9.41. The van der Waals surface area contributed by atoms with Gasteiger partial charge in [-0.15, -0.1) is 0 Å². The molecule has 0 aliphatic carbocycles. The van der Waals surface area contributed by atoms with Crippen LogP contribution in [-0.2, 0) is 4.74 Å². The molecule has 34 heavy (non-hydrogen) atoms. The maximum Gasteiger partial charge on any atom is 0.176 e. The molecule has 1 aliphatic rings. The highest BCUT2D eigenvalue weighted by Crippen LogP contribution is 2.33. The van der Waals surface area contributed by atoms with Gasteiger partial charge in [-0.05, 0) is 62.3 Å². The Morgan fingerprint density at radius 3 is 2.76 bits per heavy atom. The third-order valence-corrected chi connectivity index (χ3v) is 6.88. The number of halogens is 1. The number of hydrogen-bond acceptors (Lipinski definition) is 5. The molecule has 0 bridgehead atoms. The van der Waals surface area contributed by atoms with Gasteiger partial charge < -0.3 is 24.1 Å². The summed E-state index contributed by atoms with van der Waals surface area (Å²) in [7, 11) is 1.66. The summed E-state index contributed by atoms with van der Waals surface area (Å²) in [6.45, 7) is 9.45. The number of nitrogens with one attached hydrogen (secondary N) is 1. The van der Waals surface area contributed by atoms with Crippen molar-refractivity contribution in [2.24, 2.45) is 0 Å². The van der Waals surface area contributed by atoms with Gasteiger partial charge in [0.1, 0.15) is 5.76 Å². The minimum absolute atomic E-state index is 0.0778. The van der Waals surface area contributed by atoms with Crippen LogP contribution in [0.1, 0.15) is 30.7 Å². The monoisotopic (exact) mass is 501 g/mol.